The smallest absolute Gasteiger partial charge is 0.273 e. The second-order valence-corrected chi connectivity index (χ2v) is 9.00. The number of halogens is 1. The van der Waals surface area contributed by atoms with Gasteiger partial charge in [-0.15, -0.1) is 11.3 Å². The Hall–Kier alpha value is -2.87. The summed E-state index contributed by atoms with van der Waals surface area (Å²) in [5.41, 5.74) is 3.02. The molecule has 0 atom stereocenters. The van der Waals surface area contributed by atoms with E-state index in [1.54, 1.807) is 11.6 Å². The van der Waals surface area contributed by atoms with Gasteiger partial charge in [-0.2, -0.15) is 0 Å². The molecule has 1 amide bonds. The number of thiazole rings is 1. The van der Waals surface area contributed by atoms with Gasteiger partial charge < -0.3 is 4.57 Å². The number of hydrogen-bond acceptors (Lipinski definition) is 5. The highest BCUT2D eigenvalue weighted by Gasteiger charge is 2.35. The monoisotopic (exact) mass is 450 g/mol. The molecule has 1 aliphatic heterocycles. The number of nitrogens with zero attached hydrogens (tertiary/aromatic N) is 3. The number of carbonyl (C=O) groups is 1. The molecule has 5 nitrogen and oxygen atoms in total. The summed E-state index contributed by atoms with van der Waals surface area (Å²) in [5, 5.41) is 12.5. The van der Waals surface area contributed by atoms with Gasteiger partial charge in [0.15, 0.2) is 10.3 Å². The Labute approximate surface area is 186 Å². The molecule has 2 aromatic carbocycles. The van der Waals surface area contributed by atoms with E-state index in [2.05, 4.69) is 15.6 Å². The van der Waals surface area contributed by atoms with Gasteiger partial charge in [-0.1, -0.05) is 48.0 Å². The molecular weight excluding hydrogens is 436 g/mol. The van der Waals surface area contributed by atoms with Crippen LogP contribution in [-0.4, -0.2) is 20.6 Å². The highest BCUT2D eigenvalue weighted by molar-refractivity contribution is 8.19. The zero-order valence-electron chi connectivity index (χ0n) is 15.6. The van der Waals surface area contributed by atoms with Crippen molar-refractivity contribution < 1.29 is 4.79 Å². The summed E-state index contributed by atoms with van der Waals surface area (Å²) in [6.07, 6.45) is 5.53. The molecule has 0 spiro atoms. The predicted molar refractivity (Wildman–Crippen MR) is 125 cm³/mol. The molecule has 0 aliphatic carbocycles. The third-order valence-electron chi connectivity index (χ3n) is 4.84. The molecule has 1 aliphatic rings. The topological polar surface area (TPSA) is 62.0 Å². The van der Waals surface area contributed by atoms with Gasteiger partial charge in [0.05, 0.1) is 4.91 Å². The lowest BCUT2D eigenvalue weighted by Gasteiger charge is -2.08. The first-order valence-electron chi connectivity index (χ1n) is 9.15. The standard InChI is InChI=1S/C22H15ClN4OS2/c23-17-7-3-1-5-14(17)12-26-13-15(16-6-2-4-8-18(16)26)11-19-20(28)27(21(24)30-19)22-25-9-10-29-22/h1-11,13,24H,12H2. The number of para-hydroxylation sites is 1. The second kappa shape index (κ2) is 7.75. The number of amides is 1. The molecule has 30 heavy (non-hydrogen) atoms. The van der Waals surface area contributed by atoms with Gasteiger partial charge in [0.1, 0.15) is 0 Å². The van der Waals surface area contributed by atoms with Crippen molar-refractivity contribution in [3.8, 4) is 0 Å². The van der Waals surface area contributed by atoms with Crippen LogP contribution in [0.4, 0.5) is 5.13 Å². The maximum Gasteiger partial charge on any atom is 0.273 e. The van der Waals surface area contributed by atoms with E-state index in [4.69, 9.17) is 17.0 Å². The number of rotatable bonds is 4. The number of carbonyl (C=O) groups excluding carboxylic acids is 1. The van der Waals surface area contributed by atoms with Crippen LogP contribution in [0.2, 0.25) is 5.02 Å². The Morgan fingerprint density at radius 3 is 2.73 bits per heavy atom. The molecule has 4 aromatic rings. The minimum atomic E-state index is -0.220. The minimum absolute atomic E-state index is 0.168. The Morgan fingerprint density at radius 2 is 1.93 bits per heavy atom. The van der Waals surface area contributed by atoms with Gasteiger partial charge in [0.25, 0.3) is 5.91 Å². The first-order chi connectivity index (χ1) is 14.6. The van der Waals surface area contributed by atoms with E-state index < -0.39 is 0 Å². The van der Waals surface area contributed by atoms with Crippen molar-refractivity contribution in [2.45, 2.75) is 6.54 Å². The van der Waals surface area contributed by atoms with Crippen molar-refractivity contribution in [3.05, 3.63) is 87.4 Å². The van der Waals surface area contributed by atoms with E-state index in [9.17, 15) is 4.79 Å². The SMILES string of the molecule is N=C1SC(=Cc2cn(Cc3ccccc3Cl)c3ccccc23)C(=O)N1c1nccs1. The van der Waals surface area contributed by atoms with Crippen LogP contribution in [0.3, 0.4) is 0 Å². The molecule has 8 heteroatoms. The summed E-state index contributed by atoms with van der Waals surface area (Å²) in [6, 6.07) is 15.9. The fourth-order valence-electron chi connectivity index (χ4n) is 3.46. The van der Waals surface area contributed by atoms with Crippen molar-refractivity contribution in [2.75, 3.05) is 4.90 Å². The third-order valence-corrected chi connectivity index (χ3v) is 6.85. The molecule has 0 saturated carbocycles. The second-order valence-electron chi connectivity index (χ2n) is 6.69. The summed E-state index contributed by atoms with van der Waals surface area (Å²) in [5.74, 6) is -0.220. The highest BCUT2D eigenvalue weighted by Crippen LogP contribution is 2.37. The number of fused-ring (bicyclic) bond motifs is 1. The van der Waals surface area contributed by atoms with E-state index in [0.29, 0.717) is 16.6 Å². The Kier molecular flexibility index (Phi) is 4.94. The lowest BCUT2D eigenvalue weighted by molar-refractivity contribution is -0.113. The molecule has 0 unspecified atom stereocenters. The molecule has 1 N–H and O–H groups in total. The minimum Gasteiger partial charge on any atom is -0.342 e. The lowest BCUT2D eigenvalue weighted by atomic mass is 10.1. The molecule has 5 rings (SSSR count). The van der Waals surface area contributed by atoms with Crippen molar-refractivity contribution in [2.24, 2.45) is 0 Å². The number of anilines is 1. The fraction of sp³-hybridized carbons (Fsp3) is 0.0455. The zero-order chi connectivity index (χ0) is 20.7. The summed E-state index contributed by atoms with van der Waals surface area (Å²) in [4.78, 5) is 19.0. The van der Waals surface area contributed by atoms with E-state index in [-0.39, 0.29) is 11.1 Å². The Bertz CT molecular complexity index is 1310. The number of amidine groups is 1. The quantitative estimate of drug-likeness (QED) is 0.396. The fourth-order valence-corrected chi connectivity index (χ4v) is 5.19. The Morgan fingerprint density at radius 1 is 1.13 bits per heavy atom. The maximum absolute atomic E-state index is 12.9. The molecule has 3 heterocycles. The van der Waals surface area contributed by atoms with Crippen molar-refractivity contribution in [1.82, 2.24) is 9.55 Å². The zero-order valence-corrected chi connectivity index (χ0v) is 18.0. The Balaban J connectivity index is 1.55. The largest absolute Gasteiger partial charge is 0.342 e. The summed E-state index contributed by atoms with van der Waals surface area (Å²) >= 11 is 8.86. The lowest BCUT2D eigenvalue weighted by Crippen LogP contribution is -2.27. The van der Waals surface area contributed by atoms with Crippen molar-refractivity contribution in [1.29, 1.82) is 5.41 Å². The van der Waals surface area contributed by atoms with Crippen molar-refractivity contribution >= 4 is 67.9 Å². The van der Waals surface area contributed by atoms with Crippen LogP contribution in [0.1, 0.15) is 11.1 Å². The van der Waals surface area contributed by atoms with Crippen LogP contribution in [-0.2, 0) is 11.3 Å². The van der Waals surface area contributed by atoms with Gasteiger partial charge in [-0.3, -0.25) is 10.2 Å². The first-order valence-corrected chi connectivity index (χ1v) is 11.2. The average Bonchev–Trinajstić information content (AvgIpc) is 3.44. The average molecular weight is 451 g/mol. The van der Waals surface area contributed by atoms with Gasteiger partial charge in [0.2, 0.25) is 0 Å². The van der Waals surface area contributed by atoms with Crippen LogP contribution < -0.4 is 4.90 Å². The predicted octanol–water partition coefficient (Wildman–Crippen LogP) is 5.86. The molecule has 148 valence electrons. The third kappa shape index (κ3) is 3.35. The molecular formula is C22H15ClN4OS2. The summed E-state index contributed by atoms with van der Waals surface area (Å²) in [7, 11) is 0. The van der Waals surface area contributed by atoms with Crippen LogP contribution in [0.25, 0.3) is 17.0 Å². The van der Waals surface area contributed by atoms with E-state index >= 15 is 0 Å². The molecule has 1 fully saturated rings. The summed E-state index contributed by atoms with van der Waals surface area (Å²) < 4.78 is 2.14. The van der Waals surface area contributed by atoms with Crippen LogP contribution in [0, 0.1) is 5.41 Å². The van der Waals surface area contributed by atoms with E-state index in [1.807, 2.05) is 54.7 Å². The van der Waals surface area contributed by atoms with Gasteiger partial charge in [0, 0.05) is 45.8 Å². The number of nitrogens with one attached hydrogen (secondary N) is 1. The highest BCUT2D eigenvalue weighted by atomic mass is 35.5. The number of benzene rings is 2. The normalized spacial score (nSPS) is 15.6. The van der Waals surface area contributed by atoms with Crippen LogP contribution in [0.15, 0.2) is 71.2 Å². The number of hydrogen-bond donors (Lipinski definition) is 1. The van der Waals surface area contributed by atoms with Gasteiger partial charge in [-0.05, 0) is 35.5 Å². The van der Waals surface area contributed by atoms with Gasteiger partial charge in [-0.25, -0.2) is 9.88 Å². The molecule has 0 radical (unpaired) electrons. The van der Waals surface area contributed by atoms with Crippen LogP contribution in [0.5, 0.6) is 0 Å². The summed E-state index contributed by atoms with van der Waals surface area (Å²) in [6.45, 7) is 0.630. The molecule has 0 bridgehead atoms. The van der Waals surface area contributed by atoms with Gasteiger partial charge >= 0.3 is 0 Å². The van der Waals surface area contributed by atoms with Crippen LogP contribution >= 0.6 is 34.7 Å². The number of thioether (sulfide) groups is 1. The maximum atomic E-state index is 12.9. The molecule has 1 saturated heterocycles. The number of aromatic nitrogens is 2. The van der Waals surface area contributed by atoms with E-state index in [1.165, 1.54) is 16.2 Å². The van der Waals surface area contributed by atoms with E-state index in [0.717, 1.165) is 38.8 Å². The molecule has 2 aromatic heterocycles. The van der Waals surface area contributed by atoms with Crippen molar-refractivity contribution in [3.63, 3.8) is 0 Å². The first kappa shape index (κ1) is 19.1.